The molecule has 1 aromatic rings. The lowest BCUT2D eigenvalue weighted by Crippen LogP contribution is -2.51. The topological polar surface area (TPSA) is 40.6 Å². The molecule has 4 nitrogen and oxygen atoms in total. The molecule has 0 bridgehead atoms. The van der Waals surface area contributed by atoms with E-state index in [0.717, 1.165) is 12.8 Å². The van der Waals surface area contributed by atoms with Crippen molar-refractivity contribution in [3.63, 3.8) is 0 Å². The average molecular weight is 290 g/mol. The summed E-state index contributed by atoms with van der Waals surface area (Å²) in [6.07, 6.45) is 2.10. The molecule has 0 spiro atoms. The van der Waals surface area contributed by atoms with Gasteiger partial charge in [0.05, 0.1) is 6.42 Å². The number of hydrogen-bond donors (Lipinski definition) is 0. The zero-order valence-corrected chi connectivity index (χ0v) is 11.9. The van der Waals surface area contributed by atoms with Gasteiger partial charge in [-0.15, -0.1) is 0 Å². The molecule has 1 saturated heterocycles. The molecule has 5 heteroatoms. The van der Waals surface area contributed by atoms with Crippen LogP contribution in [0.2, 0.25) is 0 Å². The van der Waals surface area contributed by atoms with Crippen LogP contribution in [0.25, 0.3) is 0 Å². The zero-order chi connectivity index (χ0) is 14.8. The fourth-order valence-electron chi connectivity index (χ4n) is 2.68. The molecular weight excluding hydrogens is 271 g/mol. The maximum atomic E-state index is 13.6. The second-order valence-corrected chi connectivity index (χ2v) is 5.75. The molecule has 112 valence electrons. The minimum atomic E-state index is -0.339. The fourth-order valence-corrected chi connectivity index (χ4v) is 2.68. The fraction of sp³-hybridized carbons (Fsp3) is 0.500. The van der Waals surface area contributed by atoms with Gasteiger partial charge in [-0.25, -0.2) is 4.39 Å². The van der Waals surface area contributed by atoms with Crippen molar-refractivity contribution in [1.82, 2.24) is 9.80 Å². The summed E-state index contributed by atoms with van der Waals surface area (Å²) < 4.78 is 13.6. The summed E-state index contributed by atoms with van der Waals surface area (Å²) in [6.45, 7) is 2.29. The number of rotatable bonds is 3. The van der Waals surface area contributed by atoms with Crippen LogP contribution in [0.4, 0.5) is 4.39 Å². The highest BCUT2D eigenvalue weighted by atomic mass is 19.1. The van der Waals surface area contributed by atoms with Gasteiger partial charge < -0.3 is 9.80 Å². The van der Waals surface area contributed by atoms with E-state index in [9.17, 15) is 14.0 Å². The van der Waals surface area contributed by atoms with Gasteiger partial charge in [0.2, 0.25) is 11.8 Å². The molecule has 0 unspecified atom stereocenters. The summed E-state index contributed by atoms with van der Waals surface area (Å²) in [6, 6.07) is 6.36. The average Bonchev–Trinajstić information content (AvgIpc) is 3.34. The molecule has 1 heterocycles. The van der Waals surface area contributed by atoms with Crippen molar-refractivity contribution < 1.29 is 14.0 Å². The van der Waals surface area contributed by atoms with E-state index in [-0.39, 0.29) is 30.0 Å². The van der Waals surface area contributed by atoms with Crippen molar-refractivity contribution in [3.8, 4) is 0 Å². The van der Waals surface area contributed by atoms with Crippen molar-refractivity contribution in [1.29, 1.82) is 0 Å². The van der Waals surface area contributed by atoms with E-state index in [0.29, 0.717) is 31.7 Å². The summed E-state index contributed by atoms with van der Waals surface area (Å²) >= 11 is 0. The molecule has 0 radical (unpaired) electrons. The molecule has 0 aromatic heterocycles. The highest BCUT2D eigenvalue weighted by Gasteiger charge is 2.35. The first-order chi connectivity index (χ1) is 10.1. The van der Waals surface area contributed by atoms with Crippen molar-refractivity contribution in [3.05, 3.63) is 35.6 Å². The van der Waals surface area contributed by atoms with Gasteiger partial charge in [0.1, 0.15) is 5.82 Å². The quantitative estimate of drug-likeness (QED) is 0.845. The first kappa shape index (κ1) is 14.0. The first-order valence-corrected chi connectivity index (χ1v) is 7.45. The molecule has 3 rings (SSSR count). The third-order valence-electron chi connectivity index (χ3n) is 4.17. The molecular formula is C16H19FN2O2. The minimum Gasteiger partial charge on any atom is -0.339 e. The third kappa shape index (κ3) is 3.23. The Morgan fingerprint density at radius 3 is 2.29 bits per heavy atom. The molecule has 1 aliphatic heterocycles. The number of amides is 2. The zero-order valence-electron chi connectivity index (χ0n) is 11.9. The Bertz CT molecular complexity index is 549. The van der Waals surface area contributed by atoms with Crippen LogP contribution in [0, 0.1) is 11.7 Å². The number of halogens is 1. The van der Waals surface area contributed by atoms with Crippen molar-refractivity contribution in [2.24, 2.45) is 5.92 Å². The van der Waals surface area contributed by atoms with E-state index in [4.69, 9.17) is 0 Å². The van der Waals surface area contributed by atoms with Crippen LogP contribution in [0.15, 0.2) is 24.3 Å². The van der Waals surface area contributed by atoms with Crippen LogP contribution in [0.3, 0.4) is 0 Å². The molecule has 2 fully saturated rings. The normalized spacial score (nSPS) is 18.7. The summed E-state index contributed by atoms with van der Waals surface area (Å²) in [5, 5.41) is 0. The maximum absolute atomic E-state index is 13.6. The molecule has 2 aliphatic rings. The van der Waals surface area contributed by atoms with E-state index in [1.807, 2.05) is 4.90 Å². The Morgan fingerprint density at radius 1 is 1.05 bits per heavy atom. The highest BCUT2D eigenvalue weighted by molar-refractivity contribution is 5.82. The van der Waals surface area contributed by atoms with Gasteiger partial charge in [-0.05, 0) is 24.5 Å². The van der Waals surface area contributed by atoms with Gasteiger partial charge in [-0.3, -0.25) is 9.59 Å². The van der Waals surface area contributed by atoms with Crippen LogP contribution in [0.1, 0.15) is 18.4 Å². The van der Waals surface area contributed by atoms with Gasteiger partial charge >= 0.3 is 0 Å². The third-order valence-corrected chi connectivity index (χ3v) is 4.17. The van der Waals surface area contributed by atoms with Crippen LogP contribution >= 0.6 is 0 Å². The lowest BCUT2D eigenvalue weighted by atomic mass is 10.1. The number of nitrogens with zero attached hydrogens (tertiary/aromatic N) is 2. The van der Waals surface area contributed by atoms with Gasteiger partial charge in [0.15, 0.2) is 0 Å². The van der Waals surface area contributed by atoms with Gasteiger partial charge in [0, 0.05) is 32.1 Å². The summed E-state index contributed by atoms with van der Waals surface area (Å²) in [4.78, 5) is 27.7. The SMILES string of the molecule is O=C(Cc1ccccc1F)N1CCN(C(=O)C2CC2)CC1. The molecule has 0 N–H and O–H groups in total. The Balaban J connectivity index is 1.53. The van der Waals surface area contributed by atoms with Gasteiger partial charge in [-0.2, -0.15) is 0 Å². The van der Waals surface area contributed by atoms with Crippen LogP contribution in [0.5, 0.6) is 0 Å². The van der Waals surface area contributed by atoms with Crippen molar-refractivity contribution >= 4 is 11.8 Å². The standard InChI is InChI=1S/C16H19FN2O2/c17-14-4-2-1-3-13(14)11-15(20)18-7-9-19(10-8-18)16(21)12-5-6-12/h1-4,12H,5-11H2. The van der Waals surface area contributed by atoms with Crippen molar-refractivity contribution in [2.45, 2.75) is 19.3 Å². The minimum absolute atomic E-state index is 0.0707. The largest absolute Gasteiger partial charge is 0.339 e. The molecule has 2 amide bonds. The number of carbonyl (C=O) groups is 2. The number of piperazine rings is 1. The number of hydrogen-bond acceptors (Lipinski definition) is 2. The highest BCUT2D eigenvalue weighted by Crippen LogP contribution is 2.31. The first-order valence-electron chi connectivity index (χ1n) is 7.45. The smallest absolute Gasteiger partial charge is 0.227 e. The molecule has 1 aromatic carbocycles. The summed E-state index contributed by atoms with van der Waals surface area (Å²) in [5.74, 6) is 0.0499. The Labute approximate surface area is 123 Å². The summed E-state index contributed by atoms with van der Waals surface area (Å²) in [7, 11) is 0. The molecule has 1 aliphatic carbocycles. The predicted molar refractivity (Wildman–Crippen MR) is 76.0 cm³/mol. The molecule has 1 saturated carbocycles. The van der Waals surface area contributed by atoms with Gasteiger partial charge in [-0.1, -0.05) is 18.2 Å². The van der Waals surface area contributed by atoms with E-state index >= 15 is 0 Å². The maximum Gasteiger partial charge on any atom is 0.227 e. The van der Waals surface area contributed by atoms with E-state index in [2.05, 4.69) is 0 Å². The number of benzene rings is 1. The van der Waals surface area contributed by atoms with Crippen LogP contribution < -0.4 is 0 Å². The van der Waals surface area contributed by atoms with E-state index < -0.39 is 0 Å². The lowest BCUT2D eigenvalue weighted by Gasteiger charge is -2.35. The van der Waals surface area contributed by atoms with Crippen LogP contribution in [-0.2, 0) is 16.0 Å². The van der Waals surface area contributed by atoms with E-state index in [1.165, 1.54) is 6.07 Å². The number of carbonyl (C=O) groups excluding carboxylic acids is 2. The Kier molecular flexibility index (Phi) is 3.90. The molecule has 0 atom stereocenters. The van der Waals surface area contributed by atoms with Crippen molar-refractivity contribution in [2.75, 3.05) is 26.2 Å². The molecule has 21 heavy (non-hydrogen) atoms. The predicted octanol–water partition coefficient (Wildman–Crippen LogP) is 1.45. The van der Waals surface area contributed by atoms with E-state index in [1.54, 1.807) is 23.1 Å². The summed E-state index contributed by atoms with van der Waals surface area (Å²) in [5.41, 5.74) is 0.430. The second-order valence-electron chi connectivity index (χ2n) is 5.75. The van der Waals surface area contributed by atoms with Crippen LogP contribution in [-0.4, -0.2) is 47.8 Å². The Morgan fingerprint density at radius 2 is 1.67 bits per heavy atom. The van der Waals surface area contributed by atoms with Gasteiger partial charge in [0.25, 0.3) is 0 Å². The second kappa shape index (κ2) is 5.84. The Hall–Kier alpha value is -1.91. The lowest BCUT2D eigenvalue weighted by molar-refractivity contribution is -0.140. The monoisotopic (exact) mass is 290 g/mol.